The van der Waals surface area contributed by atoms with E-state index in [9.17, 15) is 9.90 Å². The lowest BCUT2D eigenvalue weighted by Crippen LogP contribution is -2.41. The van der Waals surface area contributed by atoms with E-state index >= 15 is 0 Å². The van der Waals surface area contributed by atoms with Gasteiger partial charge in [0.25, 0.3) is 0 Å². The number of benzene rings is 3. The quantitative estimate of drug-likeness (QED) is 0.205. The van der Waals surface area contributed by atoms with Crippen molar-refractivity contribution in [2.75, 3.05) is 40.5 Å². The second-order valence-electron chi connectivity index (χ2n) is 12.7. The number of hydrogen-bond acceptors (Lipinski definition) is 4. The maximum Gasteiger partial charge on any atom is 0.335 e. The summed E-state index contributed by atoms with van der Waals surface area (Å²) in [6, 6.07) is 24.7. The number of nitrogens with zero attached hydrogens (tertiary/aromatic N) is 1. The first-order valence-corrected chi connectivity index (χ1v) is 13.8. The van der Waals surface area contributed by atoms with Gasteiger partial charge in [-0.25, -0.2) is 4.79 Å². The molecule has 0 radical (unpaired) electrons. The van der Waals surface area contributed by atoms with E-state index in [-0.39, 0.29) is 11.0 Å². The molecular formula is C34H47NO5. The molecular weight excluding hydrogens is 502 g/mol. The average molecular weight is 550 g/mol. The Labute approximate surface area is 240 Å². The van der Waals surface area contributed by atoms with E-state index < -0.39 is 11.7 Å². The molecule has 0 spiro atoms. The Kier molecular flexibility index (Phi) is 12.2. The molecule has 0 aliphatic rings. The molecule has 0 aliphatic carbocycles. The van der Waals surface area contributed by atoms with Crippen LogP contribution in [-0.4, -0.2) is 56.0 Å². The zero-order valence-electron chi connectivity index (χ0n) is 25.3. The zero-order chi connectivity index (χ0) is 29.8. The minimum Gasteiger partial charge on any atom is -0.872 e. The maximum atomic E-state index is 10.7. The van der Waals surface area contributed by atoms with Gasteiger partial charge in [0, 0.05) is 5.56 Å². The number of quaternary nitrogens is 1. The summed E-state index contributed by atoms with van der Waals surface area (Å²) < 4.78 is 12.6. The molecule has 0 fully saturated rings. The highest BCUT2D eigenvalue weighted by molar-refractivity contribution is 5.90. The molecule has 0 amide bonds. The van der Waals surface area contributed by atoms with Crippen molar-refractivity contribution in [3.05, 3.63) is 95.6 Å². The van der Waals surface area contributed by atoms with E-state index in [2.05, 4.69) is 103 Å². The monoisotopic (exact) mass is 549 g/mol. The van der Waals surface area contributed by atoms with Gasteiger partial charge >= 0.3 is 5.97 Å². The van der Waals surface area contributed by atoms with Crippen LogP contribution in [0.4, 0.5) is 0 Å². The van der Waals surface area contributed by atoms with Crippen LogP contribution < -0.4 is 9.84 Å². The lowest BCUT2D eigenvalue weighted by atomic mass is 9.72. The molecule has 3 aromatic carbocycles. The minimum atomic E-state index is -1.18. The Hall–Kier alpha value is -3.35. The molecule has 0 saturated carbocycles. The molecule has 0 aliphatic heterocycles. The lowest BCUT2D eigenvalue weighted by molar-refractivity contribution is -0.904. The van der Waals surface area contributed by atoms with Gasteiger partial charge in [-0.15, -0.1) is 0 Å². The largest absolute Gasteiger partial charge is 0.872 e. The predicted octanol–water partition coefficient (Wildman–Crippen LogP) is 6.53. The number of para-hydroxylation sites is 1. The molecule has 6 heteroatoms. The first-order chi connectivity index (χ1) is 18.7. The van der Waals surface area contributed by atoms with Crippen molar-refractivity contribution in [1.82, 2.24) is 0 Å². The molecule has 218 valence electrons. The standard InChI is InChI=1S/C27H42NO2.C7H6O3/c1-26(2,3)22-27(4,5)24-13-15-25(16-14-24)30-20-19-29-18-17-28(6,7)21-23-11-9-8-10-12-23;8-6-4-2-1-3-5(6)7(9)10/h8-16H,17-22H2,1-7H3;1-4,8H,(H,9,10)/q+1;/p-1. The van der Waals surface area contributed by atoms with Crippen LogP contribution in [0.1, 0.15) is 62.5 Å². The molecule has 3 aromatic rings. The number of aromatic carboxylic acids is 1. The van der Waals surface area contributed by atoms with E-state index in [0.717, 1.165) is 36.3 Å². The maximum absolute atomic E-state index is 10.7. The summed E-state index contributed by atoms with van der Waals surface area (Å²) in [6.07, 6.45) is 1.15. The van der Waals surface area contributed by atoms with Crippen LogP contribution in [0.2, 0.25) is 0 Å². The van der Waals surface area contributed by atoms with Gasteiger partial charge in [-0.05, 0) is 41.0 Å². The van der Waals surface area contributed by atoms with Crippen LogP contribution in [0.5, 0.6) is 11.5 Å². The third-order valence-corrected chi connectivity index (χ3v) is 6.52. The third-order valence-electron chi connectivity index (χ3n) is 6.52. The normalized spacial score (nSPS) is 11.9. The Morgan fingerprint density at radius 1 is 0.825 bits per heavy atom. The average Bonchev–Trinajstić information content (AvgIpc) is 2.86. The van der Waals surface area contributed by atoms with Crippen molar-refractivity contribution in [1.29, 1.82) is 0 Å². The predicted molar refractivity (Wildman–Crippen MR) is 160 cm³/mol. The summed E-state index contributed by atoms with van der Waals surface area (Å²) in [5.41, 5.74) is 3.01. The third kappa shape index (κ3) is 12.2. The van der Waals surface area contributed by atoms with Gasteiger partial charge in [0.1, 0.15) is 25.4 Å². The zero-order valence-corrected chi connectivity index (χ0v) is 25.3. The molecule has 1 N–H and O–H groups in total. The van der Waals surface area contributed by atoms with Crippen LogP contribution in [0.25, 0.3) is 0 Å². The van der Waals surface area contributed by atoms with Crippen molar-refractivity contribution < 1.29 is 29.0 Å². The second kappa shape index (κ2) is 14.9. The second-order valence-corrected chi connectivity index (χ2v) is 12.7. The van der Waals surface area contributed by atoms with Crippen molar-refractivity contribution in [3.8, 4) is 11.5 Å². The van der Waals surface area contributed by atoms with Gasteiger partial charge in [0.15, 0.2) is 0 Å². The molecule has 0 heterocycles. The molecule has 0 saturated heterocycles. The minimum absolute atomic E-state index is 0.157. The molecule has 40 heavy (non-hydrogen) atoms. The SMILES string of the molecule is CC(C)(C)CC(C)(C)c1ccc(OCCOCC[N+](C)(C)Cc2ccccc2)cc1.O=C(O)c1ccccc1[O-]. The Morgan fingerprint density at radius 2 is 1.43 bits per heavy atom. The fraction of sp³-hybridized carbons (Fsp3) is 0.441. The van der Waals surface area contributed by atoms with E-state index in [0.29, 0.717) is 18.6 Å². The highest BCUT2D eigenvalue weighted by Gasteiger charge is 2.27. The number of carboxylic acid groups (broad SMARTS) is 1. The van der Waals surface area contributed by atoms with Gasteiger partial charge in [-0.3, -0.25) is 0 Å². The lowest BCUT2D eigenvalue weighted by Gasteiger charge is -2.33. The molecule has 0 bridgehead atoms. The molecule has 0 aromatic heterocycles. The first kappa shape index (κ1) is 32.9. The van der Waals surface area contributed by atoms with Crippen LogP contribution in [0.15, 0.2) is 78.9 Å². The summed E-state index contributed by atoms with van der Waals surface area (Å²) in [4.78, 5) is 10.2. The number of ether oxygens (including phenoxy) is 2. The van der Waals surface area contributed by atoms with Crippen molar-refractivity contribution in [2.24, 2.45) is 5.41 Å². The van der Waals surface area contributed by atoms with Crippen molar-refractivity contribution >= 4 is 5.97 Å². The van der Waals surface area contributed by atoms with Gasteiger partial charge < -0.3 is 24.2 Å². The van der Waals surface area contributed by atoms with Crippen LogP contribution >= 0.6 is 0 Å². The summed E-state index contributed by atoms with van der Waals surface area (Å²) in [5.74, 6) is -0.713. The molecule has 3 rings (SSSR count). The number of carbonyl (C=O) groups is 1. The summed E-state index contributed by atoms with van der Waals surface area (Å²) in [6.45, 7) is 15.5. The summed E-state index contributed by atoms with van der Waals surface area (Å²) in [7, 11) is 4.49. The Balaban J connectivity index is 0.000000469. The first-order valence-electron chi connectivity index (χ1n) is 13.8. The summed E-state index contributed by atoms with van der Waals surface area (Å²) in [5, 5.41) is 19.0. The number of carboxylic acids is 1. The van der Waals surface area contributed by atoms with Crippen LogP contribution in [0, 0.1) is 5.41 Å². The van der Waals surface area contributed by atoms with E-state index in [4.69, 9.17) is 14.6 Å². The van der Waals surface area contributed by atoms with Gasteiger partial charge in [0.2, 0.25) is 0 Å². The molecule has 0 atom stereocenters. The highest BCUT2D eigenvalue weighted by Crippen LogP contribution is 2.36. The number of rotatable bonds is 12. The smallest absolute Gasteiger partial charge is 0.335 e. The number of likely N-dealkylation sites (N-methyl/N-ethyl adjacent to an activating group) is 1. The van der Waals surface area contributed by atoms with E-state index in [1.54, 1.807) is 0 Å². The van der Waals surface area contributed by atoms with E-state index in [1.807, 2.05) is 0 Å². The topological polar surface area (TPSA) is 78.8 Å². The van der Waals surface area contributed by atoms with E-state index in [1.165, 1.54) is 35.4 Å². The van der Waals surface area contributed by atoms with Crippen molar-refractivity contribution in [3.63, 3.8) is 0 Å². The van der Waals surface area contributed by atoms with Crippen molar-refractivity contribution in [2.45, 2.75) is 53.0 Å². The molecule has 6 nitrogen and oxygen atoms in total. The Bertz CT molecular complexity index is 1160. The fourth-order valence-corrected chi connectivity index (χ4v) is 4.86. The van der Waals surface area contributed by atoms with Crippen LogP contribution in [-0.2, 0) is 16.7 Å². The molecule has 0 unspecified atom stereocenters. The summed E-state index contributed by atoms with van der Waals surface area (Å²) >= 11 is 0. The Morgan fingerprint density at radius 3 is 1.98 bits per heavy atom. The fourth-order valence-electron chi connectivity index (χ4n) is 4.86. The van der Waals surface area contributed by atoms with Gasteiger partial charge in [-0.1, -0.05) is 101 Å². The number of hydrogen-bond donors (Lipinski definition) is 1. The van der Waals surface area contributed by atoms with Gasteiger partial charge in [-0.2, -0.15) is 0 Å². The van der Waals surface area contributed by atoms with Gasteiger partial charge in [0.05, 0.1) is 32.9 Å². The highest BCUT2D eigenvalue weighted by atomic mass is 16.5. The van der Waals surface area contributed by atoms with Crippen LogP contribution in [0.3, 0.4) is 0 Å².